The molecule has 1 atom stereocenters. The van der Waals surface area contributed by atoms with E-state index in [0.29, 0.717) is 5.02 Å². The highest BCUT2D eigenvalue weighted by molar-refractivity contribution is 6.31. The molecule has 1 rings (SSSR count). The lowest BCUT2D eigenvalue weighted by Gasteiger charge is -2.08. The SMILES string of the molecule is Cc1c(Cl)cccc1C(C)O. The largest absolute Gasteiger partial charge is 0.389 e. The third kappa shape index (κ3) is 1.73. The van der Waals surface area contributed by atoms with Gasteiger partial charge in [-0.1, -0.05) is 23.7 Å². The molecule has 60 valence electrons. The van der Waals surface area contributed by atoms with Crippen LogP contribution in [0.15, 0.2) is 18.2 Å². The molecule has 0 saturated carbocycles. The van der Waals surface area contributed by atoms with Gasteiger partial charge in [-0.05, 0) is 31.0 Å². The number of aliphatic hydroxyl groups is 1. The minimum atomic E-state index is -0.436. The molecule has 0 aliphatic rings. The van der Waals surface area contributed by atoms with Crippen molar-refractivity contribution in [1.29, 1.82) is 0 Å². The van der Waals surface area contributed by atoms with Gasteiger partial charge in [-0.25, -0.2) is 0 Å². The highest BCUT2D eigenvalue weighted by Crippen LogP contribution is 2.23. The van der Waals surface area contributed by atoms with Crippen LogP contribution in [0, 0.1) is 6.92 Å². The first kappa shape index (κ1) is 8.57. The lowest BCUT2D eigenvalue weighted by molar-refractivity contribution is 0.198. The van der Waals surface area contributed by atoms with E-state index < -0.39 is 6.10 Å². The standard InChI is InChI=1S/C9H11ClO/c1-6-8(7(2)11)4-3-5-9(6)10/h3-5,7,11H,1-2H3. The van der Waals surface area contributed by atoms with Crippen molar-refractivity contribution in [2.24, 2.45) is 0 Å². The van der Waals surface area contributed by atoms with Gasteiger partial charge in [-0.2, -0.15) is 0 Å². The first-order valence-corrected chi connectivity index (χ1v) is 3.94. The minimum Gasteiger partial charge on any atom is -0.389 e. The molecule has 0 aliphatic carbocycles. The third-order valence-electron chi connectivity index (χ3n) is 1.76. The normalized spacial score (nSPS) is 13.1. The second-order valence-corrected chi connectivity index (χ2v) is 3.04. The zero-order valence-corrected chi connectivity index (χ0v) is 7.39. The lowest BCUT2D eigenvalue weighted by Crippen LogP contribution is -1.94. The first-order chi connectivity index (χ1) is 5.13. The molecule has 0 heterocycles. The molecule has 0 aliphatic heterocycles. The van der Waals surface area contributed by atoms with E-state index in [-0.39, 0.29) is 0 Å². The average molecular weight is 171 g/mol. The van der Waals surface area contributed by atoms with E-state index in [1.165, 1.54) is 0 Å². The molecule has 1 nitrogen and oxygen atoms in total. The van der Waals surface area contributed by atoms with Gasteiger partial charge in [0.25, 0.3) is 0 Å². The minimum absolute atomic E-state index is 0.436. The van der Waals surface area contributed by atoms with Crippen molar-refractivity contribution >= 4 is 11.6 Å². The van der Waals surface area contributed by atoms with Crippen molar-refractivity contribution < 1.29 is 5.11 Å². The molecule has 0 radical (unpaired) electrons. The highest BCUT2D eigenvalue weighted by Gasteiger charge is 2.05. The van der Waals surface area contributed by atoms with Gasteiger partial charge in [-0.3, -0.25) is 0 Å². The van der Waals surface area contributed by atoms with Crippen molar-refractivity contribution in [3.05, 3.63) is 34.3 Å². The maximum atomic E-state index is 9.27. The molecule has 1 unspecified atom stereocenters. The Morgan fingerprint density at radius 2 is 2.09 bits per heavy atom. The average Bonchev–Trinajstić information content (AvgIpc) is 1.94. The Balaban J connectivity index is 3.17. The van der Waals surface area contributed by atoms with Gasteiger partial charge in [0.15, 0.2) is 0 Å². The van der Waals surface area contributed by atoms with Crippen molar-refractivity contribution in [2.45, 2.75) is 20.0 Å². The topological polar surface area (TPSA) is 20.2 Å². The van der Waals surface area contributed by atoms with Crippen LogP contribution in [0.4, 0.5) is 0 Å². The summed E-state index contributed by atoms with van der Waals surface area (Å²) >= 11 is 5.85. The van der Waals surface area contributed by atoms with Crippen molar-refractivity contribution in [3.8, 4) is 0 Å². The molecule has 0 bridgehead atoms. The Hall–Kier alpha value is -0.530. The monoisotopic (exact) mass is 170 g/mol. The third-order valence-corrected chi connectivity index (χ3v) is 2.17. The van der Waals surface area contributed by atoms with Crippen LogP contribution in [0.1, 0.15) is 24.2 Å². The smallest absolute Gasteiger partial charge is 0.0765 e. The quantitative estimate of drug-likeness (QED) is 0.687. The zero-order chi connectivity index (χ0) is 8.43. The first-order valence-electron chi connectivity index (χ1n) is 3.56. The van der Waals surface area contributed by atoms with Crippen LogP contribution >= 0.6 is 11.6 Å². The van der Waals surface area contributed by atoms with Crippen LogP contribution in [0.25, 0.3) is 0 Å². The molecular weight excluding hydrogens is 160 g/mol. The van der Waals surface area contributed by atoms with E-state index >= 15 is 0 Å². The molecule has 2 heteroatoms. The van der Waals surface area contributed by atoms with Gasteiger partial charge < -0.3 is 5.11 Å². The molecule has 1 aromatic carbocycles. The maximum absolute atomic E-state index is 9.27. The van der Waals surface area contributed by atoms with Crippen LogP contribution in [-0.4, -0.2) is 5.11 Å². The van der Waals surface area contributed by atoms with E-state index in [2.05, 4.69) is 0 Å². The van der Waals surface area contributed by atoms with E-state index in [4.69, 9.17) is 11.6 Å². The Kier molecular flexibility index (Phi) is 2.53. The van der Waals surface area contributed by atoms with Gasteiger partial charge in [0.2, 0.25) is 0 Å². The van der Waals surface area contributed by atoms with Gasteiger partial charge in [0.05, 0.1) is 6.10 Å². The summed E-state index contributed by atoms with van der Waals surface area (Å²) in [7, 11) is 0. The van der Waals surface area contributed by atoms with Crippen molar-refractivity contribution in [1.82, 2.24) is 0 Å². The van der Waals surface area contributed by atoms with Crippen LogP contribution in [0.3, 0.4) is 0 Å². The predicted octanol–water partition coefficient (Wildman–Crippen LogP) is 2.70. The number of aliphatic hydroxyl groups excluding tert-OH is 1. The number of rotatable bonds is 1. The summed E-state index contributed by atoms with van der Waals surface area (Å²) in [6.07, 6.45) is -0.436. The van der Waals surface area contributed by atoms with E-state index in [1.807, 2.05) is 25.1 Å². The van der Waals surface area contributed by atoms with Gasteiger partial charge in [-0.15, -0.1) is 0 Å². The number of hydrogen-bond acceptors (Lipinski definition) is 1. The van der Waals surface area contributed by atoms with Crippen LogP contribution < -0.4 is 0 Å². The van der Waals surface area contributed by atoms with Crippen molar-refractivity contribution in [3.63, 3.8) is 0 Å². The fourth-order valence-electron chi connectivity index (χ4n) is 1.08. The Morgan fingerprint density at radius 1 is 1.45 bits per heavy atom. The predicted molar refractivity (Wildman–Crippen MR) is 46.8 cm³/mol. The molecule has 0 aromatic heterocycles. The van der Waals surface area contributed by atoms with E-state index in [9.17, 15) is 5.11 Å². The Labute approximate surface area is 71.6 Å². The van der Waals surface area contributed by atoms with Crippen LogP contribution in [0.5, 0.6) is 0 Å². The molecular formula is C9H11ClO. The van der Waals surface area contributed by atoms with Crippen LogP contribution in [-0.2, 0) is 0 Å². The summed E-state index contributed by atoms with van der Waals surface area (Å²) in [4.78, 5) is 0. The number of halogens is 1. The maximum Gasteiger partial charge on any atom is 0.0765 e. The second-order valence-electron chi connectivity index (χ2n) is 2.63. The fraction of sp³-hybridized carbons (Fsp3) is 0.333. The highest BCUT2D eigenvalue weighted by atomic mass is 35.5. The van der Waals surface area contributed by atoms with E-state index in [1.54, 1.807) is 6.92 Å². The summed E-state index contributed by atoms with van der Waals surface area (Å²) in [6.45, 7) is 3.64. The summed E-state index contributed by atoms with van der Waals surface area (Å²) in [5, 5.41) is 9.98. The number of hydrogen-bond donors (Lipinski definition) is 1. The Morgan fingerprint density at radius 3 is 2.55 bits per heavy atom. The summed E-state index contributed by atoms with van der Waals surface area (Å²) in [5.74, 6) is 0. The van der Waals surface area contributed by atoms with Gasteiger partial charge in [0, 0.05) is 5.02 Å². The molecule has 1 N–H and O–H groups in total. The molecule has 0 amide bonds. The van der Waals surface area contributed by atoms with Gasteiger partial charge in [0.1, 0.15) is 0 Å². The molecule has 11 heavy (non-hydrogen) atoms. The van der Waals surface area contributed by atoms with Crippen molar-refractivity contribution in [2.75, 3.05) is 0 Å². The zero-order valence-electron chi connectivity index (χ0n) is 6.63. The van der Waals surface area contributed by atoms with Crippen LogP contribution in [0.2, 0.25) is 5.02 Å². The summed E-state index contributed by atoms with van der Waals surface area (Å²) < 4.78 is 0. The summed E-state index contributed by atoms with van der Waals surface area (Å²) in [5.41, 5.74) is 1.86. The lowest BCUT2D eigenvalue weighted by atomic mass is 10.1. The molecule has 1 aromatic rings. The fourth-order valence-corrected chi connectivity index (χ4v) is 1.26. The number of benzene rings is 1. The second kappa shape index (κ2) is 3.24. The Bertz CT molecular complexity index is 256. The molecule has 0 saturated heterocycles. The molecule has 0 spiro atoms. The van der Waals surface area contributed by atoms with Gasteiger partial charge >= 0.3 is 0 Å². The summed E-state index contributed by atoms with van der Waals surface area (Å²) in [6, 6.07) is 5.55. The molecule has 0 fully saturated rings. The van der Waals surface area contributed by atoms with E-state index in [0.717, 1.165) is 11.1 Å².